The van der Waals surface area contributed by atoms with Crippen LogP contribution in [0.1, 0.15) is 24.5 Å². The first-order valence-corrected chi connectivity index (χ1v) is 7.21. The summed E-state index contributed by atoms with van der Waals surface area (Å²) in [7, 11) is 1.88. The van der Waals surface area contributed by atoms with Gasteiger partial charge in [0.05, 0.1) is 23.8 Å². The van der Waals surface area contributed by atoms with Crippen LogP contribution in [0.2, 0.25) is 0 Å². The molecule has 7 nitrogen and oxygen atoms in total. The van der Waals surface area contributed by atoms with Crippen molar-refractivity contribution in [3.8, 4) is 0 Å². The molecule has 108 valence electrons. The van der Waals surface area contributed by atoms with Crippen molar-refractivity contribution in [3.63, 3.8) is 0 Å². The molecule has 3 heterocycles. The second kappa shape index (κ2) is 4.83. The van der Waals surface area contributed by atoms with Crippen molar-refractivity contribution in [2.75, 3.05) is 11.9 Å². The summed E-state index contributed by atoms with van der Waals surface area (Å²) < 4.78 is 3.74. The van der Waals surface area contributed by atoms with Gasteiger partial charge in [0.2, 0.25) is 0 Å². The Kier molecular flexibility index (Phi) is 2.83. The van der Waals surface area contributed by atoms with Gasteiger partial charge in [0.25, 0.3) is 0 Å². The van der Waals surface area contributed by atoms with E-state index in [4.69, 9.17) is 0 Å². The zero-order chi connectivity index (χ0) is 14.2. The lowest BCUT2D eigenvalue weighted by Crippen LogP contribution is -2.12. The fourth-order valence-electron chi connectivity index (χ4n) is 2.49. The van der Waals surface area contributed by atoms with Crippen molar-refractivity contribution >= 4 is 16.9 Å². The molecule has 1 fully saturated rings. The lowest BCUT2D eigenvalue weighted by Gasteiger charge is -2.06. The smallest absolute Gasteiger partial charge is 0.163 e. The number of fused-ring (bicyclic) bond motifs is 1. The van der Waals surface area contributed by atoms with E-state index >= 15 is 0 Å². The molecular formula is C14H17N7. The molecular weight excluding hydrogens is 266 g/mol. The number of rotatable bonds is 5. The summed E-state index contributed by atoms with van der Waals surface area (Å²) in [5.74, 6) is 1.53. The van der Waals surface area contributed by atoms with E-state index in [9.17, 15) is 0 Å². The predicted molar refractivity (Wildman–Crippen MR) is 79.0 cm³/mol. The van der Waals surface area contributed by atoms with Crippen LogP contribution >= 0.6 is 0 Å². The second-order valence-electron chi connectivity index (χ2n) is 5.43. The molecule has 0 bridgehead atoms. The maximum atomic E-state index is 4.60. The second-order valence-corrected chi connectivity index (χ2v) is 5.43. The molecule has 1 saturated carbocycles. The van der Waals surface area contributed by atoms with Gasteiger partial charge in [0, 0.05) is 25.7 Å². The molecule has 0 aliphatic heterocycles. The van der Waals surface area contributed by atoms with Gasteiger partial charge in [0.15, 0.2) is 5.65 Å². The minimum atomic E-state index is 0.705. The van der Waals surface area contributed by atoms with E-state index < -0.39 is 0 Å². The SMILES string of the molecule is Cn1ncc2c(NCCn3ccc(C4CC4)n3)ncnc21. The van der Waals surface area contributed by atoms with Crippen LogP contribution in [0.4, 0.5) is 5.82 Å². The molecule has 0 amide bonds. The van der Waals surface area contributed by atoms with Crippen molar-refractivity contribution in [2.45, 2.75) is 25.3 Å². The highest BCUT2D eigenvalue weighted by atomic mass is 15.3. The van der Waals surface area contributed by atoms with Crippen LogP contribution in [0.3, 0.4) is 0 Å². The third-order valence-electron chi connectivity index (χ3n) is 3.82. The highest BCUT2D eigenvalue weighted by Crippen LogP contribution is 2.38. The monoisotopic (exact) mass is 283 g/mol. The molecule has 0 atom stereocenters. The summed E-state index contributed by atoms with van der Waals surface area (Å²) in [6.45, 7) is 1.59. The minimum absolute atomic E-state index is 0.705. The third-order valence-corrected chi connectivity index (χ3v) is 3.82. The summed E-state index contributed by atoms with van der Waals surface area (Å²) >= 11 is 0. The van der Waals surface area contributed by atoms with Gasteiger partial charge in [-0.25, -0.2) is 9.97 Å². The van der Waals surface area contributed by atoms with Crippen LogP contribution in [0.15, 0.2) is 24.8 Å². The lowest BCUT2D eigenvalue weighted by molar-refractivity contribution is 0.626. The molecule has 0 spiro atoms. The normalized spacial score (nSPS) is 14.7. The molecule has 0 aromatic carbocycles. The van der Waals surface area contributed by atoms with Crippen molar-refractivity contribution < 1.29 is 0 Å². The molecule has 3 aromatic rings. The van der Waals surface area contributed by atoms with Gasteiger partial charge in [-0.05, 0) is 18.9 Å². The van der Waals surface area contributed by atoms with Crippen molar-refractivity contribution in [1.29, 1.82) is 0 Å². The van der Waals surface area contributed by atoms with Crippen LogP contribution in [0.25, 0.3) is 11.0 Å². The Morgan fingerprint density at radius 2 is 2.24 bits per heavy atom. The van der Waals surface area contributed by atoms with Gasteiger partial charge < -0.3 is 5.32 Å². The number of hydrogen-bond acceptors (Lipinski definition) is 5. The van der Waals surface area contributed by atoms with Crippen molar-refractivity contribution in [3.05, 3.63) is 30.5 Å². The van der Waals surface area contributed by atoms with Gasteiger partial charge in [-0.3, -0.25) is 9.36 Å². The number of nitrogens with zero attached hydrogens (tertiary/aromatic N) is 6. The van der Waals surface area contributed by atoms with Gasteiger partial charge in [-0.1, -0.05) is 0 Å². The highest BCUT2D eigenvalue weighted by Gasteiger charge is 2.25. The largest absolute Gasteiger partial charge is 0.367 e. The topological polar surface area (TPSA) is 73.5 Å². The number of hydrogen-bond donors (Lipinski definition) is 1. The van der Waals surface area contributed by atoms with Crippen LogP contribution in [-0.4, -0.2) is 36.1 Å². The lowest BCUT2D eigenvalue weighted by atomic mass is 10.3. The first kappa shape index (κ1) is 12.3. The molecule has 0 unspecified atom stereocenters. The zero-order valence-electron chi connectivity index (χ0n) is 11.9. The molecule has 0 radical (unpaired) electrons. The van der Waals surface area contributed by atoms with Crippen LogP contribution < -0.4 is 5.32 Å². The fourth-order valence-corrected chi connectivity index (χ4v) is 2.49. The fraction of sp³-hybridized carbons (Fsp3) is 0.429. The van der Waals surface area contributed by atoms with Crippen LogP contribution in [-0.2, 0) is 13.6 Å². The summed E-state index contributed by atoms with van der Waals surface area (Å²) in [6, 6.07) is 2.13. The van der Waals surface area contributed by atoms with Crippen LogP contribution in [0.5, 0.6) is 0 Å². The Morgan fingerprint density at radius 1 is 1.33 bits per heavy atom. The van der Waals surface area contributed by atoms with E-state index in [0.717, 1.165) is 29.9 Å². The standard InChI is InChI=1S/C14H17N7/c1-20-14-11(8-18-20)13(16-9-17-14)15-5-7-21-6-4-12(19-21)10-2-3-10/h4,6,8-10H,2-3,5,7H2,1H3,(H,15,16,17). The van der Waals surface area contributed by atoms with Crippen molar-refractivity contribution in [1.82, 2.24) is 29.5 Å². The average molecular weight is 283 g/mol. The summed E-state index contributed by atoms with van der Waals surface area (Å²) in [4.78, 5) is 8.52. The number of aromatic nitrogens is 6. The predicted octanol–water partition coefficient (Wildman–Crippen LogP) is 1.55. The Balaban J connectivity index is 1.43. The Bertz CT molecular complexity index is 769. The van der Waals surface area contributed by atoms with Gasteiger partial charge in [0.1, 0.15) is 12.1 Å². The maximum absolute atomic E-state index is 4.60. The number of anilines is 1. The zero-order valence-corrected chi connectivity index (χ0v) is 11.9. The first-order valence-electron chi connectivity index (χ1n) is 7.21. The Morgan fingerprint density at radius 3 is 3.10 bits per heavy atom. The van der Waals surface area contributed by atoms with E-state index in [2.05, 4.69) is 37.7 Å². The van der Waals surface area contributed by atoms with Crippen LogP contribution in [0, 0.1) is 0 Å². The summed E-state index contributed by atoms with van der Waals surface area (Å²) in [5, 5.41) is 13.1. The van der Waals surface area contributed by atoms with Gasteiger partial charge >= 0.3 is 0 Å². The maximum Gasteiger partial charge on any atom is 0.163 e. The molecule has 0 saturated heterocycles. The molecule has 1 aliphatic rings. The van der Waals surface area contributed by atoms with E-state index in [0.29, 0.717) is 5.92 Å². The minimum Gasteiger partial charge on any atom is -0.367 e. The Labute approximate surface area is 122 Å². The van der Waals surface area contributed by atoms with Crippen molar-refractivity contribution in [2.24, 2.45) is 7.05 Å². The van der Waals surface area contributed by atoms with E-state index in [1.54, 1.807) is 17.2 Å². The molecule has 1 aliphatic carbocycles. The van der Waals surface area contributed by atoms with E-state index in [-0.39, 0.29) is 0 Å². The number of nitrogens with one attached hydrogen (secondary N) is 1. The quantitative estimate of drug-likeness (QED) is 0.769. The molecule has 7 heteroatoms. The Hall–Kier alpha value is -2.44. The number of aryl methyl sites for hydroxylation is 1. The molecule has 4 rings (SSSR count). The van der Waals surface area contributed by atoms with E-state index in [1.807, 2.05) is 11.7 Å². The average Bonchev–Trinajstić information content (AvgIpc) is 3.13. The molecule has 21 heavy (non-hydrogen) atoms. The summed E-state index contributed by atoms with van der Waals surface area (Å²) in [6.07, 6.45) is 7.97. The molecule has 3 aromatic heterocycles. The summed E-state index contributed by atoms with van der Waals surface area (Å²) in [5.41, 5.74) is 2.06. The van der Waals surface area contributed by atoms with Gasteiger partial charge in [-0.15, -0.1) is 0 Å². The van der Waals surface area contributed by atoms with E-state index in [1.165, 1.54) is 18.5 Å². The highest BCUT2D eigenvalue weighted by molar-refractivity contribution is 5.85. The third kappa shape index (κ3) is 2.35. The molecule has 1 N–H and O–H groups in total. The van der Waals surface area contributed by atoms with Gasteiger partial charge in [-0.2, -0.15) is 10.2 Å². The first-order chi connectivity index (χ1) is 10.3.